The van der Waals surface area contributed by atoms with Gasteiger partial charge >= 0.3 is 0 Å². The van der Waals surface area contributed by atoms with E-state index in [0.29, 0.717) is 24.3 Å². The lowest BCUT2D eigenvalue weighted by Crippen LogP contribution is -2.50. The number of nitrogens with zero attached hydrogens (tertiary/aromatic N) is 4. The van der Waals surface area contributed by atoms with Gasteiger partial charge in [0.1, 0.15) is 17.4 Å². The minimum absolute atomic E-state index is 0.0822. The Balaban J connectivity index is 1.63. The van der Waals surface area contributed by atoms with Gasteiger partial charge in [-0.25, -0.2) is 4.98 Å². The van der Waals surface area contributed by atoms with E-state index in [4.69, 9.17) is 9.47 Å². The van der Waals surface area contributed by atoms with Crippen molar-refractivity contribution in [2.75, 3.05) is 33.9 Å². The van der Waals surface area contributed by atoms with Crippen LogP contribution in [0.5, 0.6) is 11.6 Å². The second-order valence-electron chi connectivity index (χ2n) is 9.70. The van der Waals surface area contributed by atoms with Crippen LogP contribution in [0.25, 0.3) is 11.1 Å². The third kappa shape index (κ3) is 6.11. The van der Waals surface area contributed by atoms with Gasteiger partial charge in [0, 0.05) is 43.2 Å². The van der Waals surface area contributed by atoms with Crippen molar-refractivity contribution in [1.82, 2.24) is 19.8 Å². The van der Waals surface area contributed by atoms with E-state index < -0.39 is 12.1 Å². The van der Waals surface area contributed by atoms with Crippen LogP contribution < -0.4 is 9.47 Å². The fourth-order valence-electron chi connectivity index (χ4n) is 4.43. The lowest BCUT2D eigenvalue weighted by atomic mass is 9.99. The number of aliphatic hydroxyl groups excluding tert-OH is 1. The van der Waals surface area contributed by atoms with Gasteiger partial charge in [-0.15, -0.1) is 0 Å². The molecule has 200 valence electrons. The Hall–Kier alpha value is -3.98. The predicted octanol–water partition coefficient (Wildman–Crippen LogP) is 3.07. The first-order chi connectivity index (χ1) is 18.3. The highest BCUT2D eigenvalue weighted by Gasteiger charge is 2.34. The largest absolute Gasteiger partial charge is 0.497 e. The molecule has 0 aliphatic carbocycles. The van der Waals surface area contributed by atoms with Gasteiger partial charge in [-0.3, -0.25) is 14.6 Å². The van der Waals surface area contributed by atoms with Crippen LogP contribution in [0.1, 0.15) is 29.9 Å². The first kappa shape index (κ1) is 27.1. The number of aliphatic hydroxyl groups is 1. The molecule has 0 spiro atoms. The monoisotopic (exact) mass is 518 g/mol. The standard InChI is InChI=1S/C29H34N4O5/c1-19-16-33(20(2)18-34)29(36)25-13-22(21-8-10-24(37-4)11-9-21)15-31-28(25)38-26(19)17-32(3)27(35)14-23-7-5-6-12-30-23/h5-13,15,19-20,26,34H,14,16-18H2,1-4H3/t19-,20+,26+/m0/s1. The van der Waals surface area contributed by atoms with Crippen molar-refractivity contribution in [2.45, 2.75) is 32.4 Å². The molecule has 1 aliphatic heterocycles. The molecule has 38 heavy (non-hydrogen) atoms. The molecule has 0 saturated heterocycles. The SMILES string of the molecule is COc1ccc(-c2cnc3c(c2)C(=O)N([C@H](C)CO)C[C@H](C)[C@@H](CN(C)C(=O)Cc2ccccn2)O3)cc1. The summed E-state index contributed by atoms with van der Waals surface area (Å²) < 4.78 is 11.6. The summed E-state index contributed by atoms with van der Waals surface area (Å²) in [7, 11) is 3.34. The number of rotatable bonds is 8. The summed E-state index contributed by atoms with van der Waals surface area (Å²) in [4.78, 5) is 38.7. The third-order valence-corrected chi connectivity index (χ3v) is 6.88. The smallest absolute Gasteiger partial charge is 0.259 e. The number of carbonyl (C=O) groups is 2. The summed E-state index contributed by atoms with van der Waals surface area (Å²) in [5.74, 6) is 0.475. The molecule has 3 aromatic rings. The van der Waals surface area contributed by atoms with E-state index in [0.717, 1.165) is 16.9 Å². The lowest BCUT2D eigenvalue weighted by Gasteiger charge is -2.37. The molecule has 9 nitrogen and oxygen atoms in total. The zero-order valence-electron chi connectivity index (χ0n) is 22.2. The van der Waals surface area contributed by atoms with E-state index in [1.165, 1.54) is 0 Å². The van der Waals surface area contributed by atoms with Crippen LogP contribution >= 0.6 is 0 Å². The Labute approximate surface area is 223 Å². The van der Waals surface area contributed by atoms with E-state index in [1.807, 2.05) is 56.3 Å². The molecule has 2 amide bonds. The second kappa shape index (κ2) is 12.0. The number of benzene rings is 1. The molecule has 1 aliphatic rings. The van der Waals surface area contributed by atoms with Crippen LogP contribution in [0.2, 0.25) is 0 Å². The number of aromatic nitrogens is 2. The molecular formula is C29H34N4O5. The van der Waals surface area contributed by atoms with Gasteiger partial charge in [0.25, 0.3) is 5.91 Å². The summed E-state index contributed by atoms with van der Waals surface area (Å²) in [5, 5.41) is 9.90. The predicted molar refractivity (Wildman–Crippen MR) is 143 cm³/mol. The van der Waals surface area contributed by atoms with Gasteiger partial charge in [-0.05, 0) is 42.8 Å². The Morgan fingerprint density at radius 1 is 1.21 bits per heavy atom. The van der Waals surface area contributed by atoms with Crippen molar-refractivity contribution in [3.63, 3.8) is 0 Å². The Morgan fingerprint density at radius 3 is 2.63 bits per heavy atom. The fraction of sp³-hybridized carbons (Fsp3) is 0.379. The maximum atomic E-state index is 13.7. The average molecular weight is 519 g/mol. The van der Waals surface area contributed by atoms with Gasteiger partial charge < -0.3 is 24.4 Å². The Kier molecular flexibility index (Phi) is 8.58. The molecule has 0 saturated carbocycles. The average Bonchev–Trinajstić information content (AvgIpc) is 2.94. The van der Waals surface area contributed by atoms with Crippen LogP contribution in [0.3, 0.4) is 0 Å². The highest BCUT2D eigenvalue weighted by Crippen LogP contribution is 2.31. The van der Waals surface area contributed by atoms with E-state index in [-0.39, 0.29) is 36.6 Å². The molecular weight excluding hydrogens is 484 g/mol. The van der Waals surface area contributed by atoms with Crippen molar-refractivity contribution in [3.05, 3.63) is 72.2 Å². The van der Waals surface area contributed by atoms with Crippen LogP contribution in [0.15, 0.2) is 60.9 Å². The van der Waals surface area contributed by atoms with Gasteiger partial charge in [-0.2, -0.15) is 0 Å². The minimum atomic E-state index is -0.424. The molecule has 2 aromatic heterocycles. The summed E-state index contributed by atoms with van der Waals surface area (Å²) in [6.45, 7) is 4.28. The molecule has 0 fully saturated rings. The first-order valence-corrected chi connectivity index (χ1v) is 12.7. The molecule has 1 N–H and O–H groups in total. The maximum absolute atomic E-state index is 13.7. The van der Waals surface area contributed by atoms with Crippen molar-refractivity contribution in [2.24, 2.45) is 5.92 Å². The molecule has 3 heterocycles. The summed E-state index contributed by atoms with van der Waals surface area (Å²) in [6, 6.07) is 14.4. The van der Waals surface area contributed by atoms with Crippen LogP contribution in [-0.4, -0.2) is 82.7 Å². The third-order valence-electron chi connectivity index (χ3n) is 6.88. The lowest BCUT2D eigenvalue weighted by molar-refractivity contribution is -0.130. The van der Waals surface area contributed by atoms with E-state index in [1.54, 1.807) is 42.4 Å². The van der Waals surface area contributed by atoms with Gasteiger partial charge in [0.2, 0.25) is 11.8 Å². The molecule has 0 radical (unpaired) electrons. The number of ether oxygens (including phenoxy) is 2. The van der Waals surface area contributed by atoms with Crippen molar-refractivity contribution in [1.29, 1.82) is 0 Å². The first-order valence-electron chi connectivity index (χ1n) is 12.7. The second-order valence-corrected chi connectivity index (χ2v) is 9.70. The number of hydrogen-bond donors (Lipinski definition) is 1. The van der Waals surface area contributed by atoms with E-state index >= 15 is 0 Å². The van der Waals surface area contributed by atoms with E-state index in [9.17, 15) is 14.7 Å². The highest BCUT2D eigenvalue weighted by atomic mass is 16.5. The number of methoxy groups -OCH3 is 1. The van der Waals surface area contributed by atoms with E-state index in [2.05, 4.69) is 9.97 Å². The van der Waals surface area contributed by atoms with Crippen molar-refractivity contribution >= 4 is 11.8 Å². The number of fused-ring (bicyclic) bond motifs is 1. The molecule has 0 unspecified atom stereocenters. The molecule has 9 heteroatoms. The Morgan fingerprint density at radius 2 is 1.97 bits per heavy atom. The van der Waals surface area contributed by atoms with Crippen molar-refractivity contribution in [3.8, 4) is 22.8 Å². The number of pyridine rings is 2. The minimum Gasteiger partial charge on any atom is -0.497 e. The maximum Gasteiger partial charge on any atom is 0.259 e. The number of hydrogen-bond acceptors (Lipinski definition) is 7. The fourth-order valence-corrected chi connectivity index (χ4v) is 4.43. The normalized spacial score (nSPS) is 18.0. The molecule has 4 rings (SSSR count). The Bertz CT molecular complexity index is 1250. The summed E-state index contributed by atoms with van der Waals surface area (Å²) in [6.07, 6.45) is 3.10. The van der Waals surface area contributed by atoms with Crippen molar-refractivity contribution < 1.29 is 24.2 Å². The number of likely N-dealkylation sites (N-methyl/N-ethyl adjacent to an activating group) is 1. The zero-order chi connectivity index (χ0) is 27.2. The van der Waals surface area contributed by atoms with Crippen LogP contribution in [0, 0.1) is 5.92 Å². The molecule has 1 aromatic carbocycles. The zero-order valence-corrected chi connectivity index (χ0v) is 22.2. The number of amides is 2. The van der Waals surface area contributed by atoms with Gasteiger partial charge in [0.15, 0.2) is 0 Å². The highest BCUT2D eigenvalue weighted by molar-refractivity contribution is 5.98. The molecule has 3 atom stereocenters. The summed E-state index contributed by atoms with van der Waals surface area (Å²) in [5.41, 5.74) is 2.65. The van der Waals surface area contributed by atoms with Crippen LogP contribution in [0.4, 0.5) is 0 Å². The van der Waals surface area contributed by atoms with Gasteiger partial charge in [0.05, 0.1) is 32.7 Å². The number of carbonyl (C=O) groups excluding carboxylic acids is 2. The van der Waals surface area contributed by atoms with Gasteiger partial charge in [-0.1, -0.05) is 25.1 Å². The molecule has 0 bridgehead atoms. The van der Waals surface area contributed by atoms with Crippen LogP contribution in [-0.2, 0) is 11.2 Å². The quantitative estimate of drug-likeness (QED) is 0.489. The summed E-state index contributed by atoms with van der Waals surface area (Å²) >= 11 is 0. The topological polar surface area (TPSA) is 105 Å².